The van der Waals surface area contributed by atoms with Crippen molar-refractivity contribution >= 4 is 22.1 Å². The van der Waals surface area contributed by atoms with E-state index in [4.69, 9.17) is 9.97 Å². The highest BCUT2D eigenvalue weighted by atomic mass is 19.3. The summed E-state index contributed by atoms with van der Waals surface area (Å²) < 4.78 is 27.3. The minimum absolute atomic E-state index is 0.104. The van der Waals surface area contributed by atoms with Gasteiger partial charge in [0.05, 0.1) is 28.8 Å². The maximum Gasteiger partial charge on any atom is 0.261 e. The molecule has 1 aliphatic rings. The van der Waals surface area contributed by atoms with Crippen molar-refractivity contribution in [2.24, 2.45) is 0 Å². The molecule has 6 heterocycles. The summed E-state index contributed by atoms with van der Waals surface area (Å²) >= 11 is 0. The smallest absolute Gasteiger partial charge is 0.261 e. The molecule has 0 amide bonds. The van der Waals surface area contributed by atoms with Crippen LogP contribution >= 0.6 is 0 Å². The molecule has 7 rings (SSSR count). The number of benzene rings is 1. The fourth-order valence-corrected chi connectivity index (χ4v) is 5.04. The van der Waals surface area contributed by atoms with Gasteiger partial charge < -0.3 is 4.98 Å². The van der Waals surface area contributed by atoms with Crippen LogP contribution in [0, 0.1) is 0 Å². The highest BCUT2D eigenvalue weighted by molar-refractivity contribution is 5.96. The summed E-state index contributed by atoms with van der Waals surface area (Å²) in [6.07, 6.45) is 6.91. The molecule has 0 radical (unpaired) electrons. The lowest BCUT2D eigenvalue weighted by molar-refractivity contribution is 0.0115. The Morgan fingerprint density at radius 2 is 1.82 bits per heavy atom. The van der Waals surface area contributed by atoms with E-state index in [9.17, 15) is 8.78 Å². The van der Waals surface area contributed by atoms with Gasteiger partial charge in [0.15, 0.2) is 11.5 Å². The minimum Gasteiger partial charge on any atom is -0.336 e. The molecule has 0 saturated carbocycles. The number of alkyl halides is 2. The van der Waals surface area contributed by atoms with Crippen LogP contribution in [0.2, 0.25) is 0 Å². The monoisotopic (exact) mass is 508 g/mol. The molecule has 5 aromatic heterocycles. The van der Waals surface area contributed by atoms with E-state index in [-0.39, 0.29) is 13.0 Å². The van der Waals surface area contributed by atoms with Crippen LogP contribution in [-0.4, -0.2) is 59.0 Å². The molecule has 1 fully saturated rings. The van der Waals surface area contributed by atoms with Crippen LogP contribution in [-0.2, 0) is 6.54 Å². The van der Waals surface area contributed by atoms with Gasteiger partial charge in [0.25, 0.3) is 5.92 Å². The van der Waals surface area contributed by atoms with Gasteiger partial charge >= 0.3 is 0 Å². The van der Waals surface area contributed by atoms with Crippen LogP contribution in [0.1, 0.15) is 12.0 Å². The average Bonchev–Trinajstić information content (AvgIpc) is 3.64. The molecule has 6 aromatic rings. The second kappa shape index (κ2) is 8.77. The van der Waals surface area contributed by atoms with Gasteiger partial charge in [-0.1, -0.05) is 18.2 Å². The molecule has 188 valence electrons. The number of aromatic amines is 2. The average molecular weight is 509 g/mol. The second-order valence-electron chi connectivity index (χ2n) is 9.59. The maximum atomic E-state index is 13.6. The van der Waals surface area contributed by atoms with E-state index in [0.29, 0.717) is 35.8 Å². The summed E-state index contributed by atoms with van der Waals surface area (Å²) in [7, 11) is 0. The molecule has 10 heteroatoms. The van der Waals surface area contributed by atoms with Crippen molar-refractivity contribution < 1.29 is 8.78 Å². The Morgan fingerprint density at radius 1 is 0.895 bits per heavy atom. The van der Waals surface area contributed by atoms with Gasteiger partial charge in [-0.05, 0) is 35.9 Å². The number of hydrogen-bond donors (Lipinski definition) is 2. The van der Waals surface area contributed by atoms with E-state index in [1.165, 1.54) is 0 Å². The molecule has 0 aliphatic carbocycles. The van der Waals surface area contributed by atoms with Crippen molar-refractivity contribution in [2.75, 3.05) is 13.1 Å². The Hall–Kier alpha value is -4.57. The zero-order chi connectivity index (χ0) is 25.7. The summed E-state index contributed by atoms with van der Waals surface area (Å²) in [5.74, 6) is -2.01. The summed E-state index contributed by atoms with van der Waals surface area (Å²) in [5, 5.41) is 7.56. The van der Waals surface area contributed by atoms with Crippen LogP contribution in [0.15, 0.2) is 73.3 Å². The lowest BCUT2D eigenvalue weighted by Gasteiger charge is -2.15. The van der Waals surface area contributed by atoms with Gasteiger partial charge in [0, 0.05) is 61.0 Å². The van der Waals surface area contributed by atoms with E-state index in [0.717, 1.165) is 38.8 Å². The largest absolute Gasteiger partial charge is 0.336 e. The number of nitrogens with zero attached hydrogens (tertiary/aromatic N) is 6. The summed E-state index contributed by atoms with van der Waals surface area (Å²) in [6.45, 7) is 0.577. The number of fused-ring (bicyclic) bond motifs is 2. The number of hydrogen-bond acceptors (Lipinski definition) is 6. The van der Waals surface area contributed by atoms with Crippen LogP contribution in [0.25, 0.3) is 56.0 Å². The fraction of sp³-hybridized carbons (Fsp3) is 0.179. The third-order valence-corrected chi connectivity index (χ3v) is 6.86. The first-order valence-corrected chi connectivity index (χ1v) is 12.3. The first kappa shape index (κ1) is 22.6. The lowest BCUT2D eigenvalue weighted by atomic mass is 10.1. The zero-order valence-electron chi connectivity index (χ0n) is 20.2. The Morgan fingerprint density at radius 3 is 2.66 bits per heavy atom. The lowest BCUT2D eigenvalue weighted by Crippen LogP contribution is -2.24. The molecule has 2 N–H and O–H groups in total. The Kier molecular flexibility index (Phi) is 5.22. The van der Waals surface area contributed by atoms with Crippen molar-refractivity contribution in [1.82, 2.24) is 40.0 Å². The molecule has 1 aliphatic heterocycles. The van der Waals surface area contributed by atoms with Gasteiger partial charge in [-0.15, -0.1) is 0 Å². The van der Waals surface area contributed by atoms with Crippen LogP contribution in [0.5, 0.6) is 0 Å². The Bertz CT molecular complexity index is 1780. The van der Waals surface area contributed by atoms with Crippen molar-refractivity contribution in [3.63, 3.8) is 0 Å². The SMILES string of the molecule is FC1(F)CCN(Cc2cncc(-c3ccc4[nH]nc(-c5nc6c(-c7cccnc7)cccc6[nH]5)c4n3)c2)C1. The van der Waals surface area contributed by atoms with E-state index in [1.807, 2.05) is 54.7 Å². The molecule has 1 saturated heterocycles. The number of likely N-dealkylation sites (tertiary alicyclic amines) is 1. The third kappa shape index (κ3) is 4.08. The molecular formula is C28H22F2N8. The van der Waals surface area contributed by atoms with Crippen molar-refractivity contribution in [2.45, 2.75) is 18.9 Å². The number of para-hydroxylation sites is 1. The standard InChI is InChI=1S/C28H22F2N8/c29-28(30)8-10-38(16-28)15-17-11-19(14-32-12-17)21-6-7-23-25(33-21)26(37-36-23)27-34-22-5-1-4-20(24(22)35-27)18-3-2-9-31-13-18/h1-7,9,11-14H,8,10,15-16H2,(H,34,35)(H,36,37). The first-order valence-electron chi connectivity index (χ1n) is 12.3. The molecule has 0 unspecified atom stereocenters. The predicted molar refractivity (Wildman–Crippen MR) is 140 cm³/mol. The van der Waals surface area contributed by atoms with Crippen LogP contribution in [0.4, 0.5) is 8.78 Å². The van der Waals surface area contributed by atoms with Gasteiger partial charge in [0.1, 0.15) is 5.52 Å². The normalized spacial score (nSPS) is 15.5. The maximum absolute atomic E-state index is 13.6. The number of aromatic nitrogens is 7. The molecule has 38 heavy (non-hydrogen) atoms. The number of imidazole rings is 1. The van der Waals surface area contributed by atoms with Crippen molar-refractivity contribution in [3.8, 4) is 33.9 Å². The van der Waals surface area contributed by atoms with Gasteiger partial charge in [0.2, 0.25) is 0 Å². The first-order chi connectivity index (χ1) is 18.5. The molecule has 8 nitrogen and oxygen atoms in total. The number of nitrogens with one attached hydrogen (secondary N) is 2. The minimum atomic E-state index is -2.62. The van der Waals surface area contributed by atoms with Gasteiger partial charge in [-0.3, -0.25) is 20.0 Å². The van der Waals surface area contributed by atoms with E-state index < -0.39 is 5.92 Å². The Balaban J connectivity index is 1.24. The number of rotatable bonds is 5. The molecule has 0 atom stereocenters. The van der Waals surface area contributed by atoms with Crippen LogP contribution in [0.3, 0.4) is 0 Å². The van der Waals surface area contributed by atoms with E-state index in [1.54, 1.807) is 23.5 Å². The summed E-state index contributed by atoms with van der Waals surface area (Å²) in [4.78, 5) is 23.5. The molecule has 0 spiro atoms. The molecular weight excluding hydrogens is 486 g/mol. The van der Waals surface area contributed by atoms with Crippen molar-refractivity contribution in [1.29, 1.82) is 0 Å². The fourth-order valence-electron chi connectivity index (χ4n) is 5.04. The second-order valence-corrected chi connectivity index (χ2v) is 9.59. The van der Waals surface area contributed by atoms with Gasteiger partial charge in [-0.2, -0.15) is 5.10 Å². The highest BCUT2D eigenvalue weighted by Gasteiger charge is 2.37. The molecule has 0 bridgehead atoms. The van der Waals surface area contributed by atoms with Gasteiger partial charge in [-0.25, -0.2) is 18.7 Å². The third-order valence-electron chi connectivity index (χ3n) is 6.86. The zero-order valence-corrected chi connectivity index (χ0v) is 20.2. The predicted octanol–water partition coefficient (Wildman–Crippen LogP) is 5.47. The number of halogens is 2. The highest BCUT2D eigenvalue weighted by Crippen LogP contribution is 2.32. The summed E-state index contributed by atoms with van der Waals surface area (Å²) in [6, 6.07) is 15.7. The quantitative estimate of drug-likeness (QED) is 0.321. The van der Waals surface area contributed by atoms with E-state index in [2.05, 4.69) is 25.1 Å². The van der Waals surface area contributed by atoms with Crippen molar-refractivity contribution in [3.05, 3.63) is 78.9 Å². The summed E-state index contributed by atoms with van der Waals surface area (Å²) in [5.41, 5.74) is 8.13. The van der Waals surface area contributed by atoms with E-state index >= 15 is 0 Å². The van der Waals surface area contributed by atoms with Crippen LogP contribution < -0.4 is 0 Å². The Labute approximate surface area is 215 Å². The number of H-pyrrole nitrogens is 2. The molecule has 1 aromatic carbocycles. The number of pyridine rings is 3. The topological polar surface area (TPSA) is 99.3 Å².